The molecule has 0 bridgehead atoms. The van der Waals surface area contributed by atoms with E-state index in [0.29, 0.717) is 0 Å². The number of hydrogen-bond acceptors (Lipinski definition) is 3. The lowest BCUT2D eigenvalue weighted by Crippen LogP contribution is -2.26. The van der Waals surface area contributed by atoms with E-state index < -0.39 is 19.6 Å². The number of hydrogen-bond donors (Lipinski definition) is 1. The smallest absolute Gasteiger partial charge is 0.287 e. The molecule has 0 aliphatic carbocycles. The van der Waals surface area contributed by atoms with Crippen LogP contribution in [0.5, 0.6) is 0 Å². The van der Waals surface area contributed by atoms with Gasteiger partial charge in [0.2, 0.25) is 0 Å². The highest BCUT2D eigenvalue weighted by atomic mass is 19.3. The van der Waals surface area contributed by atoms with Crippen molar-refractivity contribution in [2.75, 3.05) is 13.5 Å². The summed E-state index contributed by atoms with van der Waals surface area (Å²) in [6.07, 6.45) is -3.75. The van der Waals surface area contributed by atoms with Gasteiger partial charge in [-0.15, -0.1) is 0 Å². The molecule has 0 atom stereocenters. The van der Waals surface area contributed by atoms with E-state index in [-0.39, 0.29) is 0 Å². The van der Waals surface area contributed by atoms with Crippen LogP contribution in [0.2, 0.25) is 0 Å². The minimum absolute atomic E-state index is 1.36. The second-order valence-corrected chi connectivity index (χ2v) is 1.16. The van der Waals surface area contributed by atoms with Gasteiger partial charge in [-0.3, -0.25) is 9.99 Å². The predicted molar refractivity (Wildman–Crippen MR) is 20.6 cm³/mol. The Balaban J connectivity index is 3.43. The molecule has 0 aromatic carbocycles. The van der Waals surface area contributed by atoms with Crippen molar-refractivity contribution in [2.45, 2.75) is 6.11 Å². The lowest BCUT2D eigenvalue weighted by atomic mass is 10.7. The number of alkyl halides is 3. The van der Waals surface area contributed by atoms with Gasteiger partial charge in [-0.2, -0.15) is 8.78 Å². The first kappa shape index (κ1) is 8.67. The van der Waals surface area contributed by atoms with E-state index in [0.717, 1.165) is 0 Å². The number of ether oxygens (including phenoxy) is 1. The SMILES string of the molecule is OOCC(F)(F)OCF. The molecule has 0 radical (unpaired) electrons. The van der Waals surface area contributed by atoms with Crippen molar-refractivity contribution in [1.82, 2.24) is 0 Å². The van der Waals surface area contributed by atoms with E-state index in [1.807, 2.05) is 0 Å². The van der Waals surface area contributed by atoms with Crippen LogP contribution in [0, 0.1) is 0 Å². The van der Waals surface area contributed by atoms with Gasteiger partial charge in [0.05, 0.1) is 0 Å². The Morgan fingerprint density at radius 3 is 2.33 bits per heavy atom. The van der Waals surface area contributed by atoms with Gasteiger partial charge in [0.15, 0.2) is 13.5 Å². The summed E-state index contributed by atoms with van der Waals surface area (Å²) < 4.78 is 37.5. The van der Waals surface area contributed by atoms with Crippen molar-refractivity contribution < 1.29 is 28.1 Å². The first-order valence-electron chi connectivity index (χ1n) is 1.96. The molecule has 56 valence electrons. The molecule has 9 heavy (non-hydrogen) atoms. The molecule has 0 heterocycles. The lowest BCUT2D eigenvalue weighted by molar-refractivity contribution is -0.347. The molecule has 0 unspecified atom stereocenters. The maximum Gasteiger partial charge on any atom is 0.384 e. The predicted octanol–water partition coefficient (Wildman–Crippen LogP) is 1.01. The number of rotatable bonds is 4. The van der Waals surface area contributed by atoms with Crippen LogP contribution in [0.4, 0.5) is 13.2 Å². The van der Waals surface area contributed by atoms with E-state index in [4.69, 9.17) is 5.26 Å². The number of halogens is 3. The first-order chi connectivity index (χ1) is 4.12. The maximum atomic E-state index is 11.7. The molecule has 3 nitrogen and oxygen atoms in total. The van der Waals surface area contributed by atoms with Crippen LogP contribution in [0.15, 0.2) is 0 Å². The summed E-state index contributed by atoms with van der Waals surface area (Å²) in [5.74, 6) is 0. The fraction of sp³-hybridized carbons (Fsp3) is 1.00. The zero-order valence-corrected chi connectivity index (χ0v) is 4.31. The normalized spacial score (nSPS) is 12.0. The van der Waals surface area contributed by atoms with Gasteiger partial charge in [-0.25, -0.2) is 9.28 Å². The van der Waals surface area contributed by atoms with Crippen LogP contribution in [0.25, 0.3) is 0 Å². The lowest BCUT2D eigenvalue weighted by Gasteiger charge is -2.10. The quantitative estimate of drug-likeness (QED) is 0.475. The van der Waals surface area contributed by atoms with Gasteiger partial charge >= 0.3 is 6.11 Å². The summed E-state index contributed by atoms with van der Waals surface area (Å²) in [5, 5.41) is 7.45. The highest BCUT2D eigenvalue weighted by molar-refractivity contribution is 4.45. The van der Waals surface area contributed by atoms with Crippen LogP contribution in [-0.2, 0) is 9.62 Å². The van der Waals surface area contributed by atoms with Crippen molar-refractivity contribution in [1.29, 1.82) is 0 Å². The topological polar surface area (TPSA) is 38.7 Å². The average Bonchev–Trinajstić information content (AvgIpc) is 1.64. The minimum atomic E-state index is -3.75. The second-order valence-electron chi connectivity index (χ2n) is 1.16. The molecule has 1 N–H and O–H groups in total. The Morgan fingerprint density at radius 1 is 1.44 bits per heavy atom. The summed E-state index contributed by atoms with van der Waals surface area (Å²) >= 11 is 0. The summed E-state index contributed by atoms with van der Waals surface area (Å²) in [4.78, 5) is 3.02. The van der Waals surface area contributed by atoms with E-state index in [1.54, 1.807) is 0 Å². The second kappa shape index (κ2) is 3.65. The van der Waals surface area contributed by atoms with Crippen molar-refractivity contribution >= 4 is 0 Å². The summed E-state index contributed by atoms with van der Waals surface area (Å²) in [6, 6.07) is 0. The van der Waals surface area contributed by atoms with Gasteiger partial charge in [0.1, 0.15) is 0 Å². The standard InChI is InChI=1S/C3H5F3O3/c4-2-8-3(5,6)1-9-7/h7H,1-2H2. The highest BCUT2D eigenvalue weighted by Crippen LogP contribution is 2.14. The minimum Gasteiger partial charge on any atom is -0.287 e. The molecular weight excluding hydrogens is 141 g/mol. The molecule has 0 aromatic heterocycles. The molecule has 0 spiro atoms. The Labute approximate surface area is 48.9 Å². The summed E-state index contributed by atoms with van der Waals surface area (Å²) in [7, 11) is 0. The average molecular weight is 146 g/mol. The molecule has 0 aromatic rings. The van der Waals surface area contributed by atoms with E-state index in [9.17, 15) is 13.2 Å². The largest absolute Gasteiger partial charge is 0.384 e. The van der Waals surface area contributed by atoms with E-state index >= 15 is 0 Å². The van der Waals surface area contributed by atoms with Crippen molar-refractivity contribution in [2.24, 2.45) is 0 Å². The molecule has 0 amide bonds. The van der Waals surface area contributed by atoms with Gasteiger partial charge in [0, 0.05) is 0 Å². The van der Waals surface area contributed by atoms with Gasteiger partial charge in [0.25, 0.3) is 0 Å². The highest BCUT2D eigenvalue weighted by Gasteiger charge is 2.30. The molecule has 0 saturated heterocycles. The monoisotopic (exact) mass is 146 g/mol. The Morgan fingerprint density at radius 2 is 2.00 bits per heavy atom. The molecule has 0 saturated carbocycles. The zero-order chi connectivity index (χ0) is 7.33. The fourth-order valence-electron chi connectivity index (χ4n) is 0.197. The fourth-order valence-corrected chi connectivity index (χ4v) is 0.197. The van der Waals surface area contributed by atoms with E-state index in [1.165, 1.54) is 0 Å². The summed E-state index contributed by atoms with van der Waals surface area (Å²) in [5.41, 5.74) is 0. The van der Waals surface area contributed by atoms with Gasteiger partial charge in [-0.05, 0) is 0 Å². The van der Waals surface area contributed by atoms with Crippen molar-refractivity contribution in [3.8, 4) is 0 Å². The third kappa shape index (κ3) is 4.19. The molecule has 6 heteroatoms. The third-order valence-corrected chi connectivity index (χ3v) is 0.498. The maximum absolute atomic E-state index is 11.7. The molecule has 0 fully saturated rings. The van der Waals surface area contributed by atoms with Crippen molar-refractivity contribution in [3.05, 3.63) is 0 Å². The first-order valence-corrected chi connectivity index (χ1v) is 1.96. The van der Waals surface area contributed by atoms with Crippen molar-refractivity contribution in [3.63, 3.8) is 0 Å². The Hall–Kier alpha value is -0.330. The third-order valence-electron chi connectivity index (χ3n) is 0.498. The van der Waals surface area contributed by atoms with E-state index in [2.05, 4.69) is 9.62 Å². The zero-order valence-electron chi connectivity index (χ0n) is 4.31. The Bertz CT molecular complexity index is 68.7. The van der Waals surface area contributed by atoms with Crippen LogP contribution < -0.4 is 0 Å². The van der Waals surface area contributed by atoms with Crippen LogP contribution in [0.1, 0.15) is 0 Å². The van der Waals surface area contributed by atoms with Gasteiger partial charge < -0.3 is 0 Å². The molecular formula is C3H5F3O3. The summed E-state index contributed by atoms with van der Waals surface area (Å²) in [6.45, 7) is -2.98. The van der Waals surface area contributed by atoms with Crippen LogP contribution in [0.3, 0.4) is 0 Å². The molecule has 0 aliphatic heterocycles. The Kier molecular flexibility index (Phi) is 3.52. The molecule has 0 rings (SSSR count). The van der Waals surface area contributed by atoms with Crippen LogP contribution >= 0.6 is 0 Å². The molecule has 0 aliphatic rings. The van der Waals surface area contributed by atoms with Crippen LogP contribution in [-0.4, -0.2) is 24.8 Å². The van der Waals surface area contributed by atoms with Gasteiger partial charge in [-0.1, -0.05) is 0 Å².